The molecule has 0 N–H and O–H groups in total. The van der Waals surface area contributed by atoms with Gasteiger partial charge in [0.05, 0.1) is 12.7 Å². The second-order valence-electron chi connectivity index (χ2n) is 5.31. The Hall–Kier alpha value is -3.01. The van der Waals surface area contributed by atoms with E-state index in [-0.39, 0.29) is 5.97 Å². The highest BCUT2D eigenvalue weighted by Crippen LogP contribution is 2.39. The maximum Gasteiger partial charge on any atom is 0.339 e. The molecule has 114 valence electrons. The van der Waals surface area contributed by atoms with Crippen LogP contribution in [0, 0.1) is 0 Å². The molecule has 1 aliphatic heterocycles. The number of esters is 1. The number of ether oxygens (including phenoxy) is 2. The highest BCUT2D eigenvalue weighted by atomic mass is 16.6. The van der Waals surface area contributed by atoms with Crippen molar-refractivity contribution in [1.82, 2.24) is 0 Å². The quantitative estimate of drug-likeness (QED) is 0.680. The van der Waals surface area contributed by atoms with Gasteiger partial charge in [0.2, 0.25) is 0 Å². The fourth-order valence-electron chi connectivity index (χ4n) is 2.77. The molecular weight excluding hydrogens is 292 g/mol. The van der Waals surface area contributed by atoms with Crippen molar-refractivity contribution in [3.63, 3.8) is 0 Å². The Bertz CT molecular complexity index is 864. The summed E-state index contributed by atoms with van der Waals surface area (Å²) in [4.78, 5) is 12.0. The van der Waals surface area contributed by atoms with Gasteiger partial charge >= 0.3 is 5.97 Å². The van der Waals surface area contributed by atoms with E-state index in [1.54, 1.807) is 19.2 Å². The van der Waals surface area contributed by atoms with Crippen molar-refractivity contribution >= 4 is 5.97 Å². The molecule has 0 saturated heterocycles. The predicted octanol–water partition coefficient (Wildman–Crippen LogP) is 4.22. The Morgan fingerprint density at radius 1 is 1.00 bits per heavy atom. The molecule has 0 fully saturated rings. The Balaban J connectivity index is 1.73. The molecule has 0 saturated carbocycles. The lowest BCUT2D eigenvalue weighted by atomic mass is 10.0. The number of methoxy groups -OCH3 is 1. The van der Waals surface area contributed by atoms with E-state index >= 15 is 0 Å². The molecule has 0 aliphatic carbocycles. The van der Waals surface area contributed by atoms with Gasteiger partial charge in [-0.2, -0.15) is 0 Å². The fourth-order valence-corrected chi connectivity index (χ4v) is 2.77. The number of benzene rings is 2. The normalized spacial score (nSPS) is 16.0. The lowest BCUT2D eigenvalue weighted by Crippen LogP contribution is -1.99. The molecule has 2 heterocycles. The zero-order valence-corrected chi connectivity index (χ0v) is 12.5. The zero-order chi connectivity index (χ0) is 15.8. The Kier molecular flexibility index (Phi) is 3.15. The van der Waals surface area contributed by atoms with E-state index in [4.69, 9.17) is 13.9 Å². The summed E-state index contributed by atoms with van der Waals surface area (Å²) in [7, 11) is 1.59. The minimum atomic E-state index is -0.537. The summed E-state index contributed by atoms with van der Waals surface area (Å²) in [6.45, 7) is 0. The number of fused-ring (bicyclic) bond motifs is 1. The van der Waals surface area contributed by atoms with Gasteiger partial charge in [-0.3, -0.25) is 0 Å². The van der Waals surface area contributed by atoms with Crippen molar-refractivity contribution in [2.24, 2.45) is 0 Å². The Morgan fingerprint density at radius 2 is 1.83 bits per heavy atom. The molecule has 1 aromatic heterocycles. The van der Waals surface area contributed by atoms with Crippen LogP contribution in [-0.4, -0.2) is 13.1 Å². The lowest BCUT2D eigenvalue weighted by Gasteiger charge is -2.08. The van der Waals surface area contributed by atoms with E-state index in [2.05, 4.69) is 0 Å². The summed E-state index contributed by atoms with van der Waals surface area (Å²) < 4.78 is 16.6. The van der Waals surface area contributed by atoms with Gasteiger partial charge < -0.3 is 13.9 Å². The third kappa shape index (κ3) is 2.28. The molecule has 4 heteroatoms. The van der Waals surface area contributed by atoms with Crippen molar-refractivity contribution in [3.05, 3.63) is 77.6 Å². The van der Waals surface area contributed by atoms with Crippen LogP contribution in [0.3, 0.4) is 0 Å². The summed E-state index contributed by atoms with van der Waals surface area (Å²) >= 11 is 0. The van der Waals surface area contributed by atoms with Crippen molar-refractivity contribution in [2.75, 3.05) is 7.11 Å². The summed E-state index contributed by atoms with van der Waals surface area (Å²) in [6.07, 6.45) is -0.537. The minimum Gasteiger partial charge on any atom is -0.497 e. The van der Waals surface area contributed by atoms with E-state index in [1.165, 1.54) is 0 Å². The summed E-state index contributed by atoms with van der Waals surface area (Å²) in [5.41, 5.74) is 2.30. The molecule has 0 bridgehead atoms. The van der Waals surface area contributed by atoms with Crippen LogP contribution in [0.5, 0.6) is 5.75 Å². The van der Waals surface area contributed by atoms with Crippen LogP contribution in [0.15, 0.2) is 65.1 Å². The second-order valence-corrected chi connectivity index (χ2v) is 5.31. The molecule has 1 aliphatic rings. The minimum absolute atomic E-state index is 0.342. The first-order valence-electron chi connectivity index (χ1n) is 7.30. The number of cyclic esters (lactones) is 1. The molecule has 4 rings (SSSR count). The molecule has 1 unspecified atom stereocenters. The highest BCUT2D eigenvalue weighted by molar-refractivity contribution is 5.94. The van der Waals surface area contributed by atoms with Crippen LogP contribution < -0.4 is 4.74 Å². The van der Waals surface area contributed by atoms with E-state index in [0.29, 0.717) is 17.1 Å². The topological polar surface area (TPSA) is 48.7 Å². The monoisotopic (exact) mass is 306 g/mol. The van der Waals surface area contributed by atoms with Crippen molar-refractivity contribution in [3.8, 4) is 17.1 Å². The summed E-state index contributed by atoms with van der Waals surface area (Å²) in [5, 5.41) is 0. The molecule has 0 radical (unpaired) electrons. The van der Waals surface area contributed by atoms with Gasteiger partial charge in [-0.05, 0) is 30.3 Å². The number of carbonyl (C=O) groups is 1. The summed E-state index contributed by atoms with van der Waals surface area (Å²) in [5.74, 6) is 1.68. The van der Waals surface area contributed by atoms with E-state index in [1.807, 2.05) is 48.5 Å². The van der Waals surface area contributed by atoms with Gasteiger partial charge in [-0.1, -0.05) is 30.3 Å². The maximum atomic E-state index is 12.0. The molecule has 0 spiro atoms. The average Bonchev–Trinajstić information content (AvgIpc) is 3.20. The first-order valence-corrected chi connectivity index (χ1v) is 7.30. The van der Waals surface area contributed by atoms with Crippen LogP contribution in [0.1, 0.15) is 27.8 Å². The molecule has 3 aromatic rings. The van der Waals surface area contributed by atoms with Crippen LogP contribution in [0.4, 0.5) is 0 Å². The van der Waals surface area contributed by atoms with E-state index < -0.39 is 6.10 Å². The molecule has 2 aromatic carbocycles. The fraction of sp³-hybridized carbons (Fsp3) is 0.105. The van der Waals surface area contributed by atoms with Crippen LogP contribution >= 0.6 is 0 Å². The molecule has 1 atom stereocenters. The molecule has 4 nitrogen and oxygen atoms in total. The number of furan rings is 1. The average molecular weight is 306 g/mol. The largest absolute Gasteiger partial charge is 0.497 e. The third-order valence-corrected chi connectivity index (χ3v) is 3.93. The molecule has 0 amide bonds. The number of carbonyl (C=O) groups excluding carboxylic acids is 1. The lowest BCUT2D eigenvalue weighted by molar-refractivity contribution is 0.0422. The van der Waals surface area contributed by atoms with Crippen LogP contribution in [0.2, 0.25) is 0 Å². The SMILES string of the molecule is COc1ccc2c(c1)C(c1ccc(-c3ccccc3)o1)OC2=O. The van der Waals surface area contributed by atoms with Crippen LogP contribution in [0.25, 0.3) is 11.3 Å². The maximum absolute atomic E-state index is 12.0. The number of rotatable bonds is 3. The molecular formula is C19H14O4. The standard InChI is InChI=1S/C19H14O4/c1-21-13-7-8-14-15(11-13)18(23-19(14)20)17-10-9-16(22-17)12-5-3-2-4-6-12/h2-11,18H,1H3. The van der Waals surface area contributed by atoms with Gasteiger partial charge in [-0.15, -0.1) is 0 Å². The van der Waals surface area contributed by atoms with E-state index in [9.17, 15) is 4.79 Å². The summed E-state index contributed by atoms with van der Waals surface area (Å²) in [6, 6.07) is 18.8. The Morgan fingerprint density at radius 3 is 2.61 bits per heavy atom. The number of hydrogen-bond acceptors (Lipinski definition) is 4. The van der Waals surface area contributed by atoms with E-state index in [0.717, 1.165) is 16.9 Å². The zero-order valence-electron chi connectivity index (χ0n) is 12.5. The van der Waals surface area contributed by atoms with Gasteiger partial charge in [0.1, 0.15) is 17.3 Å². The van der Waals surface area contributed by atoms with Gasteiger partial charge in [-0.25, -0.2) is 4.79 Å². The third-order valence-electron chi connectivity index (χ3n) is 3.93. The van der Waals surface area contributed by atoms with Crippen molar-refractivity contribution in [1.29, 1.82) is 0 Å². The molecule has 23 heavy (non-hydrogen) atoms. The highest BCUT2D eigenvalue weighted by Gasteiger charge is 2.34. The van der Waals surface area contributed by atoms with Gasteiger partial charge in [0.15, 0.2) is 6.10 Å². The van der Waals surface area contributed by atoms with Gasteiger partial charge in [0.25, 0.3) is 0 Å². The second kappa shape index (κ2) is 5.32. The Labute approximate surface area is 133 Å². The smallest absolute Gasteiger partial charge is 0.339 e. The first-order chi connectivity index (χ1) is 11.3. The van der Waals surface area contributed by atoms with Crippen molar-refractivity contribution < 1.29 is 18.7 Å². The van der Waals surface area contributed by atoms with Crippen LogP contribution in [-0.2, 0) is 4.74 Å². The number of hydrogen-bond donors (Lipinski definition) is 0. The predicted molar refractivity (Wildman–Crippen MR) is 84.4 cm³/mol. The first kappa shape index (κ1) is 13.6. The van der Waals surface area contributed by atoms with Gasteiger partial charge in [0, 0.05) is 11.1 Å². The van der Waals surface area contributed by atoms with Crippen molar-refractivity contribution in [2.45, 2.75) is 6.10 Å².